The lowest BCUT2D eigenvalue weighted by atomic mass is 10.2. The van der Waals surface area contributed by atoms with Crippen molar-refractivity contribution in [2.45, 2.75) is 26.4 Å². The number of carbonyl (C=O) groups is 3. The second-order valence-corrected chi connectivity index (χ2v) is 5.51. The van der Waals surface area contributed by atoms with Gasteiger partial charge in [-0.2, -0.15) is 0 Å². The fraction of sp³-hybridized carbons (Fsp3) is 0.750. The van der Waals surface area contributed by atoms with Crippen molar-refractivity contribution < 1.29 is 24.2 Å². The van der Waals surface area contributed by atoms with Crippen LogP contribution in [0, 0.1) is 0 Å². The molecule has 1 aliphatic rings. The molecule has 0 aromatic heterocycles. The summed E-state index contributed by atoms with van der Waals surface area (Å²) in [7, 11) is 0. The zero-order valence-corrected chi connectivity index (χ0v) is 11.5. The number of hydrogen-bond acceptors (Lipinski definition) is 5. The number of carboxylic acids is 1. The molecular weight excluding hydrogens is 252 g/mol. The fourth-order valence-corrected chi connectivity index (χ4v) is 1.78. The lowest BCUT2D eigenvalue weighted by Crippen LogP contribution is -2.53. The summed E-state index contributed by atoms with van der Waals surface area (Å²) in [6.07, 6.45) is 0. The molecule has 1 amide bonds. The van der Waals surface area contributed by atoms with E-state index in [1.54, 1.807) is 20.8 Å². The van der Waals surface area contributed by atoms with Gasteiger partial charge in [0.25, 0.3) is 0 Å². The SMILES string of the molecule is CC(C)(C)OC(=O)CN1CCN(CC(=O)O)CC1=O. The van der Waals surface area contributed by atoms with Crippen molar-refractivity contribution >= 4 is 17.8 Å². The lowest BCUT2D eigenvalue weighted by Gasteiger charge is -2.33. The van der Waals surface area contributed by atoms with Crippen molar-refractivity contribution in [3.05, 3.63) is 0 Å². The first-order valence-electron chi connectivity index (χ1n) is 6.11. The van der Waals surface area contributed by atoms with Crippen molar-refractivity contribution in [1.29, 1.82) is 0 Å². The van der Waals surface area contributed by atoms with Crippen LogP contribution in [0.1, 0.15) is 20.8 Å². The van der Waals surface area contributed by atoms with Crippen molar-refractivity contribution in [2.24, 2.45) is 0 Å². The molecule has 0 spiro atoms. The highest BCUT2D eigenvalue weighted by atomic mass is 16.6. The van der Waals surface area contributed by atoms with Crippen LogP contribution >= 0.6 is 0 Å². The van der Waals surface area contributed by atoms with Crippen molar-refractivity contribution in [1.82, 2.24) is 9.80 Å². The third-order valence-corrected chi connectivity index (χ3v) is 2.50. The summed E-state index contributed by atoms with van der Waals surface area (Å²) >= 11 is 0. The zero-order chi connectivity index (χ0) is 14.6. The number of ether oxygens (including phenoxy) is 1. The molecule has 1 saturated heterocycles. The average molecular weight is 272 g/mol. The van der Waals surface area contributed by atoms with Gasteiger partial charge in [0.05, 0.1) is 13.1 Å². The highest BCUT2D eigenvalue weighted by molar-refractivity contribution is 5.84. The predicted octanol–water partition coefficient (Wildman–Crippen LogP) is -0.443. The number of aliphatic carboxylic acids is 1. The molecule has 0 aromatic carbocycles. The molecule has 1 heterocycles. The van der Waals surface area contributed by atoms with Gasteiger partial charge in [-0.05, 0) is 20.8 Å². The first-order valence-corrected chi connectivity index (χ1v) is 6.11. The van der Waals surface area contributed by atoms with E-state index in [0.717, 1.165) is 0 Å². The molecule has 0 aromatic rings. The van der Waals surface area contributed by atoms with E-state index in [4.69, 9.17) is 9.84 Å². The Morgan fingerprint density at radius 3 is 2.37 bits per heavy atom. The molecule has 108 valence electrons. The van der Waals surface area contributed by atoms with Crippen LogP contribution in [0.4, 0.5) is 0 Å². The molecule has 1 fully saturated rings. The first-order chi connectivity index (χ1) is 8.67. The van der Waals surface area contributed by atoms with E-state index < -0.39 is 17.5 Å². The minimum absolute atomic E-state index is 0.0229. The van der Waals surface area contributed by atoms with Crippen LogP contribution in [0.2, 0.25) is 0 Å². The number of carboxylic acid groups (broad SMARTS) is 1. The number of piperazine rings is 1. The lowest BCUT2D eigenvalue weighted by molar-refractivity contribution is -0.160. The van der Waals surface area contributed by atoms with Crippen LogP contribution in [0.25, 0.3) is 0 Å². The van der Waals surface area contributed by atoms with Crippen molar-refractivity contribution in [3.63, 3.8) is 0 Å². The van der Waals surface area contributed by atoms with Crippen molar-refractivity contribution in [2.75, 3.05) is 32.7 Å². The predicted molar refractivity (Wildman–Crippen MR) is 66.5 cm³/mol. The monoisotopic (exact) mass is 272 g/mol. The summed E-state index contributed by atoms with van der Waals surface area (Å²) in [5.41, 5.74) is -0.578. The van der Waals surface area contributed by atoms with Crippen molar-refractivity contribution in [3.8, 4) is 0 Å². The molecule has 1 N–H and O–H groups in total. The fourth-order valence-electron chi connectivity index (χ4n) is 1.78. The van der Waals surface area contributed by atoms with Crippen LogP contribution in [-0.2, 0) is 19.1 Å². The molecule has 0 bridgehead atoms. The standard InChI is InChI=1S/C12H20N2O5/c1-12(2,3)19-11(18)8-14-5-4-13(6-9(14)15)7-10(16)17/h4-8H2,1-3H3,(H,16,17). The highest BCUT2D eigenvalue weighted by Gasteiger charge is 2.28. The van der Waals surface area contributed by atoms with Gasteiger partial charge >= 0.3 is 11.9 Å². The Hall–Kier alpha value is -1.63. The Kier molecular flexibility index (Phi) is 4.88. The summed E-state index contributed by atoms with van der Waals surface area (Å²) in [6.45, 7) is 5.84. The molecule has 1 aliphatic heterocycles. The highest BCUT2D eigenvalue weighted by Crippen LogP contribution is 2.09. The van der Waals surface area contributed by atoms with Crippen LogP contribution in [0.5, 0.6) is 0 Å². The maximum Gasteiger partial charge on any atom is 0.326 e. The van der Waals surface area contributed by atoms with Gasteiger partial charge in [0.1, 0.15) is 12.1 Å². The molecule has 19 heavy (non-hydrogen) atoms. The summed E-state index contributed by atoms with van der Waals surface area (Å²) < 4.78 is 5.14. The van der Waals surface area contributed by atoms with Gasteiger partial charge in [-0.25, -0.2) is 0 Å². The third-order valence-electron chi connectivity index (χ3n) is 2.50. The Labute approximate surface area is 112 Å². The van der Waals surface area contributed by atoms with Gasteiger partial charge in [-0.15, -0.1) is 0 Å². The molecule has 7 heteroatoms. The minimum Gasteiger partial charge on any atom is -0.480 e. The summed E-state index contributed by atoms with van der Waals surface area (Å²) in [5, 5.41) is 8.65. The normalized spacial score (nSPS) is 17.4. The molecule has 0 radical (unpaired) electrons. The quantitative estimate of drug-likeness (QED) is 0.698. The Morgan fingerprint density at radius 1 is 1.26 bits per heavy atom. The average Bonchev–Trinajstić information content (AvgIpc) is 2.18. The summed E-state index contributed by atoms with van der Waals surface area (Å²) in [4.78, 5) is 36.9. The first kappa shape index (κ1) is 15.4. The van der Waals surface area contributed by atoms with Gasteiger partial charge in [-0.1, -0.05) is 0 Å². The number of hydrogen-bond donors (Lipinski definition) is 1. The topological polar surface area (TPSA) is 87.2 Å². The van der Waals surface area contributed by atoms with Crippen LogP contribution in [0.15, 0.2) is 0 Å². The number of amides is 1. The van der Waals surface area contributed by atoms with E-state index >= 15 is 0 Å². The van der Waals surface area contributed by atoms with Gasteiger partial charge in [0.2, 0.25) is 5.91 Å². The van der Waals surface area contributed by atoms with Gasteiger partial charge in [0, 0.05) is 13.1 Å². The van der Waals surface area contributed by atoms with E-state index in [-0.39, 0.29) is 25.5 Å². The minimum atomic E-state index is -0.964. The van der Waals surface area contributed by atoms with Gasteiger partial charge in [0.15, 0.2) is 0 Å². The van der Waals surface area contributed by atoms with Crippen LogP contribution in [0.3, 0.4) is 0 Å². The molecule has 0 aliphatic carbocycles. The summed E-state index contributed by atoms with van der Waals surface area (Å²) in [6, 6.07) is 0. The molecular formula is C12H20N2O5. The largest absolute Gasteiger partial charge is 0.480 e. The van der Waals surface area contributed by atoms with Crippen LogP contribution < -0.4 is 0 Å². The number of carbonyl (C=O) groups excluding carboxylic acids is 2. The number of rotatable bonds is 4. The summed E-state index contributed by atoms with van der Waals surface area (Å²) in [5.74, 6) is -1.67. The molecule has 7 nitrogen and oxygen atoms in total. The molecule has 1 rings (SSSR count). The second kappa shape index (κ2) is 6.01. The van der Waals surface area contributed by atoms with E-state index in [0.29, 0.717) is 13.1 Å². The number of nitrogens with zero attached hydrogens (tertiary/aromatic N) is 2. The molecule has 0 saturated carbocycles. The Bertz CT molecular complexity index is 375. The van der Waals surface area contributed by atoms with E-state index in [9.17, 15) is 14.4 Å². The second-order valence-electron chi connectivity index (χ2n) is 5.51. The zero-order valence-electron chi connectivity index (χ0n) is 11.5. The molecule has 0 unspecified atom stereocenters. The maximum atomic E-state index is 11.8. The Balaban J connectivity index is 2.44. The van der Waals surface area contributed by atoms with Crippen LogP contribution in [-0.4, -0.2) is 71.1 Å². The molecule has 0 atom stereocenters. The Morgan fingerprint density at radius 2 is 1.89 bits per heavy atom. The smallest absolute Gasteiger partial charge is 0.326 e. The van der Waals surface area contributed by atoms with E-state index in [2.05, 4.69) is 0 Å². The van der Waals surface area contributed by atoms with Gasteiger partial charge in [-0.3, -0.25) is 19.3 Å². The number of esters is 1. The van der Waals surface area contributed by atoms with Gasteiger partial charge < -0.3 is 14.7 Å². The maximum absolute atomic E-state index is 11.8. The third kappa shape index (κ3) is 5.69. The van der Waals surface area contributed by atoms with E-state index in [1.165, 1.54) is 9.80 Å². The van der Waals surface area contributed by atoms with E-state index in [1.807, 2.05) is 0 Å².